The summed E-state index contributed by atoms with van der Waals surface area (Å²) in [5, 5.41) is 0.737. The molecule has 1 aliphatic heterocycles. The topological polar surface area (TPSA) is 66.4 Å². The smallest absolute Gasteiger partial charge is 0.243 e. The fourth-order valence-electron chi connectivity index (χ4n) is 3.11. The molecular weight excluding hydrogens is 418 g/mol. The van der Waals surface area contributed by atoms with Gasteiger partial charge in [-0.2, -0.15) is 8.68 Å². The minimum atomic E-state index is -3.65. The van der Waals surface area contributed by atoms with Crippen LogP contribution in [0.2, 0.25) is 0 Å². The molecule has 2 heterocycles. The Morgan fingerprint density at radius 1 is 0.897 bits per heavy atom. The summed E-state index contributed by atoms with van der Waals surface area (Å²) in [6, 6.07) is 11.1. The monoisotopic (exact) mass is 436 g/mol. The minimum Gasteiger partial charge on any atom is -0.344 e. The highest BCUT2D eigenvalue weighted by molar-refractivity contribution is 7.89. The first kappa shape index (κ1) is 19.9. The van der Waals surface area contributed by atoms with Gasteiger partial charge in [-0.05, 0) is 42.0 Å². The molecule has 1 aliphatic rings. The molecule has 1 fully saturated rings. The fraction of sp³-hybridized carbons (Fsp3) is 0.263. The van der Waals surface area contributed by atoms with Crippen molar-refractivity contribution in [1.82, 2.24) is 13.7 Å². The van der Waals surface area contributed by atoms with Crippen LogP contribution in [0, 0.1) is 11.6 Å². The van der Waals surface area contributed by atoms with Crippen molar-refractivity contribution in [2.24, 2.45) is 0 Å². The van der Waals surface area contributed by atoms with Crippen LogP contribution in [0.25, 0.3) is 0 Å². The van der Waals surface area contributed by atoms with Crippen LogP contribution in [-0.2, 0) is 16.4 Å². The number of anilines is 1. The zero-order chi connectivity index (χ0) is 20.4. The second-order valence-electron chi connectivity index (χ2n) is 6.64. The summed E-state index contributed by atoms with van der Waals surface area (Å²) in [6.45, 7) is 1.61. The number of hydrogen-bond acceptors (Lipinski definition) is 6. The Morgan fingerprint density at radius 2 is 1.48 bits per heavy atom. The standard InChI is InChI=1S/C19H18F2N4O2S2/c20-15-3-1-14(2-4-15)13-18-22-19(28-23-18)24-9-11-25(12-10-24)29(26,27)17-7-5-16(21)6-8-17/h1-8H,9-13H2. The molecule has 0 saturated carbocycles. The Kier molecular flexibility index (Phi) is 5.57. The predicted octanol–water partition coefficient (Wildman–Crippen LogP) is 2.92. The maximum atomic E-state index is 13.1. The van der Waals surface area contributed by atoms with Gasteiger partial charge in [-0.25, -0.2) is 22.2 Å². The number of halogens is 2. The van der Waals surface area contributed by atoms with Gasteiger partial charge in [0.15, 0.2) is 0 Å². The van der Waals surface area contributed by atoms with Gasteiger partial charge in [-0.15, -0.1) is 0 Å². The number of sulfonamides is 1. The Hall–Kier alpha value is -2.43. The van der Waals surface area contributed by atoms with Crippen molar-refractivity contribution in [3.63, 3.8) is 0 Å². The van der Waals surface area contributed by atoms with Gasteiger partial charge in [-0.3, -0.25) is 0 Å². The van der Waals surface area contributed by atoms with Crippen molar-refractivity contribution < 1.29 is 17.2 Å². The molecule has 0 aliphatic carbocycles. The van der Waals surface area contributed by atoms with Crippen molar-refractivity contribution in [3.05, 3.63) is 71.6 Å². The van der Waals surface area contributed by atoms with E-state index in [0.717, 1.165) is 22.8 Å². The number of benzene rings is 2. The van der Waals surface area contributed by atoms with Crippen LogP contribution in [0.3, 0.4) is 0 Å². The molecule has 0 atom stereocenters. The Morgan fingerprint density at radius 3 is 2.10 bits per heavy atom. The first-order valence-corrected chi connectivity index (χ1v) is 11.2. The average Bonchev–Trinajstić information content (AvgIpc) is 3.19. The van der Waals surface area contributed by atoms with E-state index in [1.54, 1.807) is 12.1 Å². The van der Waals surface area contributed by atoms with Crippen molar-refractivity contribution >= 4 is 26.7 Å². The summed E-state index contributed by atoms with van der Waals surface area (Å²) < 4.78 is 57.3. The van der Waals surface area contributed by atoms with Crippen molar-refractivity contribution in [1.29, 1.82) is 0 Å². The molecule has 0 bridgehead atoms. The summed E-state index contributed by atoms with van der Waals surface area (Å²) in [4.78, 5) is 6.63. The summed E-state index contributed by atoms with van der Waals surface area (Å²) in [6.07, 6.45) is 0.510. The second-order valence-corrected chi connectivity index (χ2v) is 9.31. The molecule has 6 nitrogen and oxygen atoms in total. The predicted molar refractivity (Wildman–Crippen MR) is 106 cm³/mol. The number of aromatic nitrogens is 2. The molecule has 1 saturated heterocycles. The van der Waals surface area contributed by atoms with E-state index in [-0.39, 0.29) is 10.7 Å². The maximum Gasteiger partial charge on any atom is 0.243 e. The maximum absolute atomic E-state index is 13.1. The van der Waals surface area contributed by atoms with Crippen molar-refractivity contribution in [3.8, 4) is 0 Å². The molecule has 0 radical (unpaired) electrons. The van der Waals surface area contributed by atoms with Crippen LogP contribution < -0.4 is 4.90 Å². The van der Waals surface area contributed by atoms with Crippen LogP contribution >= 0.6 is 11.5 Å². The highest BCUT2D eigenvalue weighted by Crippen LogP contribution is 2.23. The van der Waals surface area contributed by atoms with Gasteiger partial charge in [0.2, 0.25) is 15.2 Å². The molecule has 29 heavy (non-hydrogen) atoms. The molecule has 0 spiro atoms. The fourth-order valence-corrected chi connectivity index (χ4v) is 5.26. The van der Waals surface area contributed by atoms with Crippen molar-refractivity contribution in [2.45, 2.75) is 11.3 Å². The summed E-state index contributed by atoms with van der Waals surface area (Å²) in [5.74, 6) is -0.103. The Labute approximate surface area is 171 Å². The van der Waals surface area contributed by atoms with E-state index in [9.17, 15) is 17.2 Å². The lowest BCUT2D eigenvalue weighted by Crippen LogP contribution is -2.48. The van der Waals surface area contributed by atoms with Gasteiger partial charge in [0, 0.05) is 44.1 Å². The van der Waals surface area contributed by atoms with Crippen LogP contribution in [0.1, 0.15) is 11.4 Å². The quantitative estimate of drug-likeness (QED) is 0.615. The van der Waals surface area contributed by atoms with Crippen LogP contribution in [0.15, 0.2) is 53.4 Å². The lowest BCUT2D eigenvalue weighted by molar-refractivity contribution is 0.384. The van der Waals surface area contributed by atoms with Gasteiger partial charge < -0.3 is 4.90 Å². The molecular formula is C19H18F2N4O2S2. The van der Waals surface area contributed by atoms with Crippen LogP contribution in [0.5, 0.6) is 0 Å². The van der Waals surface area contributed by atoms with Gasteiger partial charge in [-0.1, -0.05) is 12.1 Å². The van der Waals surface area contributed by atoms with E-state index in [1.165, 1.54) is 40.1 Å². The van der Waals surface area contributed by atoms with Crippen LogP contribution in [-0.4, -0.2) is 48.3 Å². The van der Waals surface area contributed by atoms with Gasteiger partial charge >= 0.3 is 0 Å². The van der Waals surface area contributed by atoms with E-state index >= 15 is 0 Å². The number of nitrogens with zero attached hydrogens (tertiary/aromatic N) is 4. The number of rotatable bonds is 5. The first-order chi connectivity index (χ1) is 13.9. The minimum absolute atomic E-state index is 0.0878. The summed E-state index contributed by atoms with van der Waals surface area (Å²) in [5.41, 5.74) is 0.922. The second kappa shape index (κ2) is 8.13. The summed E-state index contributed by atoms with van der Waals surface area (Å²) >= 11 is 1.27. The van der Waals surface area contributed by atoms with Gasteiger partial charge in [0.25, 0.3) is 0 Å². The van der Waals surface area contributed by atoms with Gasteiger partial charge in [0.1, 0.15) is 17.5 Å². The third-order valence-electron chi connectivity index (χ3n) is 4.69. The molecule has 0 N–H and O–H groups in total. The molecule has 3 aromatic rings. The zero-order valence-electron chi connectivity index (χ0n) is 15.3. The first-order valence-electron chi connectivity index (χ1n) is 8.99. The van der Waals surface area contributed by atoms with E-state index in [0.29, 0.717) is 38.4 Å². The lowest BCUT2D eigenvalue weighted by atomic mass is 10.1. The zero-order valence-corrected chi connectivity index (χ0v) is 17.0. The van der Waals surface area contributed by atoms with Crippen molar-refractivity contribution in [2.75, 3.05) is 31.1 Å². The lowest BCUT2D eigenvalue weighted by Gasteiger charge is -2.33. The SMILES string of the molecule is O=S(=O)(c1ccc(F)cc1)N1CCN(c2nc(Cc3ccc(F)cc3)ns2)CC1. The third-order valence-corrected chi connectivity index (χ3v) is 7.42. The Balaban J connectivity index is 1.39. The van der Waals surface area contributed by atoms with E-state index in [4.69, 9.17) is 0 Å². The molecule has 1 aromatic heterocycles. The molecule has 4 rings (SSSR count). The molecule has 10 heteroatoms. The summed E-state index contributed by atoms with van der Waals surface area (Å²) in [7, 11) is -3.65. The molecule has 152 valence electrons. The highest BCUT2D eigenvalue weighted by Gasteiger charge is 2.29. The van der Waals surface area contributed by atoms with Gasteiger partial charge in [0.05, 0.1) is 4.90 Å². The molecule has 0 amide bonds. The molecule has 0 unspecified atom stereocenters. The highest BCUT2D eigenvalue weighted by atomic mass is 32.2. The third kappa shape index (κ3) is 4.44. The van der Waals surface area contributed by atoms with E-state index in [1.807, 2.05) is 4.90 Å². The largest absolute Gasteiger partial charge is 0.344 e. The number of piperazine rings is 1. The van der Waals surface area contributed by atoms with Crippen LogP contribution in [0.4, 0.5) is 13.9 Å². The Bertz CT molecular complexity index is 1080. The number of hydrogen-bond donors (Lipinski definition) is 0. The normalized spacial score (nSPS) is 15.6. The van der Waals surface area contributed by atoms with E-state index in [2.05, 4.69) is 9.36 Å². The van der Waals surface area contributed by atoms with E-state index < -0.39 is 15.8 Å². The molecule has 2 aromatic carbocycles. The average molecular weight is 437 g/mol.